The lowest BCUT2D eigenvalue weighted by Crippen LogP contribution is -2.52. The van der Waals surface area contributed by atoms with E-state index in [2.05, 4.69) is 16.0 Å². The first kappa shape index (κ1) is 36.2. The number of carbonyl (C=O) groups excluding carboxylic acids is 4. The van der Waals surface area contributed by atoms with Crippen molar-refractivity contribution >= 4 is 35.5 Å². The van der Waals surface area contributed by atoms with E-state index in [9.17, 15) is 19.2 Å². The van der Waals surface area contributed by atoms with Gasteiger partial charge in [-0.3, -0.25) is 9.59 Å². The molecule has 0 aromatic rings. The zero-order valence-electron chi connectivity index (χ0n) is 25.5. The summed E-state index contributed by atoms with van der Waals surface area (Å²) in [5, 5.41) is 8.44. The van der Waals surface area contributed by atoms with Crippen molar-refractivity contribution in [2.24, 2.45) is 5.41 Å². The first-order valence-electron chi connectivity index (χ1n) is 13.7. The maximum Gasteiger partial charge on any atom is 0.407 e. The standard InChI is InChI=1S/C31H44ClN3O7/c1-21(14-16-24-18-19-25(40-7)29(38)41-24)11-8-9-13-26(36)35-27(31(3,4)5)28(37)34-20-10-12-23(17-15-22(2)32)42-30(39)33-6/h8-11,13-15,19-20,23-24,27H,12,16-18H2,1-7H3,(H,33,39)(H,34,37)(H,35,36)/b11-8-,13-9+,20-10-,21-14+,22-15+. The molecule has 1 heterocycles. The number of methoxy groups -OCH3 is 1. The molecule has 1 aliphatic rings. The van der Waals surface area contributed by atoms with Crippen LogP contribution in [0.1, 0.15) is 60.3 Å². The van der Waals surface area contributed by atoms with Crippen LogP contribution in [-0.4, -0.2) is 56.3 Å². The smallest absolute Gasteiger partial charge is 0.407 e. The van der Waals surface area contributed by atoms with E-state index in [1.165, 1.54) is 26.4 Å². The molecule has 11 heteroatoms. The summed E-state index contributed by atoms with van der Waals surface area (Å²) in [4.78, 5) is 48.8. The first-order valence-corrected chi connectivity index (χ1v) is 14.1. The van der Waals surface area contributed by atoms with E-state index in [0.29, 0.717) is 30.7 Å². The Morgan fingerprint density at radius 1 is 1.14 bits per heavy atom. The molecular formula is C31H44ClN3O7. The van der Waals surface area contributed by atoms with Gasteiger partial charge in [-0.15, -0.1) is 0 Å². The third-order valence-corrected chi connectivity index (χ3v) is 6.13. The Balaban J connectivity index is 2.66. The molecule has 1 rings (SSSR count). The number of cyclic esters (lactones) is 1. The van der Waals surface area contributed by atoms with Crippen LogP contribution in [0.15, 0.2) is 71.2 Å². The Hall–Kier alpha value is -3.79. The van der Waals surface area contributed by atoms with Crippen molar-refractivity contribution in [1.82, 2.24) is 16.0 Å². The van der Waals surface area contributed by atoms with Crippen LogP contribution in [0.2, 0.25) is 0 Å². The maximum absolute atomic E-state index is 12.9. The second-order valence-electron chi connectivity index (χ2n) is 10.7. The summed E-state index contributed by atoms with van der Waals surface area (Å²) in [5.41, 5.74) is 0.374. The number of esters is 1. The zero-order valence-corrected chi connectivity index (χ0v) is 26.2. The van der Waals surface area contributed by atoms with Crippen molar-refractivity contribution in [2.75, 3.05) is 14.2 Å². The van der Waals surface area contributed by atoms with Crippen LogP contribution in [0, 0.1) is 5.41 Å². The highest BCUT2D eigenvalue weighted by Crippen LogP contribution is 2.20. The summed E-state index contributed by atoms with van der Waals surface area (Å²) >= 11 is 5.89. The van der Waals surface area contributed by atoms with E-state index in [-0.39, 0.29) is 17.8 Å². The lowest BCUT2D eigenvalue weighted by Gasteiger charge is -2.29. The van der Waals surface area contributed by atoms with Crippen LogP contribution in [-0.2, 0) is 28.6 Å². The molecule has 0 aliphatic carbocycles. The average Bonchev–Trinajstić information content (AvgIpc) is 2.92. The van der Waals surface area contributed by atoms with Crippen LogP contribution >= 0.6 is 11.6 Å². The molecule has 0 fully saturated rings. The molecule has 3 N–H and O–H groups in total. The molecule has 0 radical (unpaired) electrons. The monoisotopic (exact) mass is 605 g/mol. The summed E-state index contributed by atoms with van der Waals surface area (Å²) in [6.07, 6.45) is 15.7. The molecule has 1 aliphatic heterocycles. The minimum Gasteiger partial charge on any atom is -0.490 e. The predicted molar refractivity (Wildman–Crippen MR) is 163 cm³/mol. The van der Waals surface area contributed by atoms with Crippen LogP contribution in [0.25, 0.3) is 0 Å². The van der Waals surface area contributed by atoms with Crippen LogP contribution in [0.4, 0.5) is 4.79 Å². The van der Waals surface area contributed by atoms with Gasteiger partial charge >= 0.3 is 12.1 Å². The highest BCUT2D eigenvalue weighted by molar-refractivity contribution is 6.29. The molecule has 42 heavy (non-hydrogen) atoms. The molecular weight excluding hydrogens is 562 g/mol. The average molecular weight is 606 g/mol. The Labute approximate surface area is 253 Å². The number of hydrogen-bond acceptors (Lipinski definition) is 7. The van der Waals surface area contributed by atoms with Gasteiger partial charge in [-0.2, -0.15) is 0 Å². The second kappa shape index (κ2) is 18.6. The van der Waals surface area contributed by atoms with E-state index in [1.54, 1.807) is 37.3 Å². The molecule has 3 amide bonds. The molecule has 0 saturated carbocycles. The molecule has 0 aromatic carbocycles. The van der Waals surface area contributed by atoms with Gasteiger partial charge in [0.25, 0.3) is 0 Å². The number of alkyl carbamates (subject to hydrolysis) is 1. The van der Waals surface area contributed by atoms with Gasteiger partial charge in [-0.1, -0.05) is 74.4 Å². The molecule has 3 atom stereocenters. The van der Waals surface area contributed by atoms with E-state index in [4.69, 9.17) is 25.8 Å². The predicted octanol–water partition coefficient (Wildman–Crippen LogP) is 5.09. The van der Waals surface area contributed by atoms with Crippen LogP contribution in [0.5, 0.6) is 0 Å². The van der Waals surface area contributed by atoms with E-state index in [0.717, 1.165) is 5.57 Å². The summed E-state index contributed by atoms with van der Waals surface area (Å²) in [7, 11) is 2.90. The SMILES string of the molecule is CNC(=O)OC(C/C=C\NC(=O)C(NC(=O)/C=C/C=C\C(C)=C\CC1CC=C(OC)C(=O)O1)C(C)(C)C)C/C=C(\C)Cl. The number of halogens is 1. The number of allylic oxidation sites excluding steroid dienone is 5. The minimum absolute atomic E-state index is 0.224. The van der Waals surface area contributed by atoms with E-state index < -0.39 is 35.5 Å². The number of rotatable bonds is 14. The van der Waals surface area contributed by atoms with Gasteiger partial charge in [0.2, 0.25) is 11.8 Å². The van der Waals surface area contributed by atoms with Crippen molar-refractivity contribution in [3.8, 4) is 0 Å². The van der Waals surface area contributed by atoms with Crippen molar-refractivity contribution in [2.45, 2.75) is 78.6 Å². The van der Waals surface area contributed by atoms with E-state index >= 15 is 0 Å². The molecule has 0 bridgehead atoms. The number of carbonyl (C=O) groups is 4. The molecule has 0 aromatic heterocycles. The van der Waals surface area contributed by atoms with Gasteiger partial charge in [-0.25, -0.2) is 9.59 Å². The lowest BCUT2D eigenvalue weighted by molar-refractivity contribution is -0.149. The quantitative estimate of drug-likeness (QED) is 0.143. The fourth-order valence-electron chi connectivity index (χ4n) is 3.63. The Kier molecular flexibility index (Phi) is 16.1. The fourth-order valence-corrected chi connectivity index (χ4v) is 3.72. The van der Waals surface area contributed by atoms with Gasteiger partial charge in [0.05, 0.1) is 7.11 Å². The third-order valence-electron chi connectivity index (χ3n) is 5.98. The van der Waals surface area contributed by atoms with E-state index in [1.807, 2.05) is 39.8 Å². The number of amides is 3. The second-order valence-corrected chi connectivity index (χ2v) is 11.3. The molecule has 232 valence electrons. The maximum atomic E-state index is 12.9. The number of nitrogens with one attached hydrogen (secondary N) is 3. The Morgan fingerprint density at radius 2 is 1.83 bits per heavy atom. The Bertz CT molecular complexity index is 1130. The van der Waals surface area contributed by atoms with Gasteiger partial charge in [0, 0.05) is 43.8 Å². The zero-order chi connectivity index (χ0) is 31.7. The fraction of sp³-hybridized carbons (Fsp3) is 0.484. The van der Waals surface area contributed by atoms with Crippen molar-refractivity contribution in [3.63, 3.8) is 0 Å². The van der Waals surface area contributed by atoms with Crippen LogP contribution in [0.3, 0.4) is 0 Å². The van der Waals surface area contributed by atoms with Gasteiger partial charge in [0.15, 0.2) is 5.76 Å². The summed E-state index contributed by atoms with van der Waals surface area (Å²) < 4.78 is 15.6. The summed E-state index contributed by atoms with van der Waals surface area (Å²) in [5.74, 6) is -1.04. The third kappa shape index (κ3) is 14.7. The van der Waals surface area contributed by atoms with Gasteiger partial charge in [0.1, 0.15) is 18.2 Å². The minimum atomic E-state index is -0.810. The number of hydrogen-bond donors (Lipinski definition) is 3. The molecule has 0 saturated heterocycles. The topological polar surface area (TPSA) is 132 Å². The highest BCUT2D eigenvalue weighted by atomic mass is 35.5. The molecule has 3 unspecified atom stereocenters. The molecule has 0 spiro atoms. The highest BCUT2D eigenvalue weighted by Gasteiger charge is 2.32. The molecule has 10 nitrogen and oxygen atoms in total. The van der Waals surface area contributed by atoms with Crippen molar-refractivity contribution in [3.05, 3.63) is 71.2 Å². The van der Waals surface area contributed by atoms with Crippen molar-refractivity contribution < 1.29 is 33.4 Å². The summed E-state index contributed by atoms with van der Waals surface area (Å²) in [6.45, 7) is 9.18. The van der Waals surface area contributed by atoms with Crippen molar-refractivity contribution in [1.29, 1.82) is 0 Å². The normalized spacial score (nSPS) is 18.0. The Morgan fingerprint density at radius 3 is 2.43 bits per heavy atom. The van der Waals surface area contributed by atoms with Gasteiger partial charge in [-0.05, 0) is 31.5 Å². The summed E-state index contributed by atoms with van der Waals surface area (Å²) in [6, 6.07) is -0.810. The lowest BCUT2D eigenvalue weighted by atomic mass is 9.86. The number of ether oxygens (including phenoxy) is 3. The van der Waals surface area contributed by atoms with Crippen LogP contribution < -0.4 is 16.0 Å². The largest absolute Gasteiger partial charge is 0.490 e. The van der Waals surface area contributed by atoms with Gasteiger partial charge < -0.3 is 30.2 Å². The first-order chi connectivity index (χ1) is 19.8.